The second-order valence-electron chi connectivity index (χ2n) is 14.1. The lowest BCUT2D eigenvalue weighted by Gasteiger charge is -2.31. The molecule has 0 aromatic heterocycles. The molecule has 0 saturated carbocycles. The van der Waals surface area contributed by atoms with Gasteiger partial charge in [0.05, 0.1) is 0 Å². The van der Waals surface area contributed by atoms with Gasteiger partial charge in [-0.3, -0.25) is 18.4 Å². The Morgan fingerprint density at radius 3 is 1.64 bits per heavy atom. The number of carbonyl (C=O) groups is 1. The van der Waals surface area contributed by atoms with E-state index in [1.165, 1.54) is 12.5 Å². The summed E-state index contributed by atoms with van der Waals surface area (Å²) in [5.41, 5.74) is 3.03. The van der Waals surface area contributed by atoms with Gasteiger partial charge in [0.25, 0.3) is 0 Å². The van der Waals surface area contributed by atoms with Crippen LogP contribution in [0.3, 0.4) is 0 Å². The molecule has 0 fully saturated rings. The Kier molecular flexibility index (Phi) is 9.70. The predicted octanol–water partition coefficient (Wildman–Crippen LogP) is 11.3. The molecule has 5 aromatic rings. The van der Waals surface area contributed by atoms with Crippen molar-refractivity contribution in [2.75, 3.05) is 6.16 Å². The Labute approximate surface area is 280 Å². The van der Waals surface area contributed by atoms with Crippen LogP contribution in [0.5, 0.6) is 17.2 Å². The van der Waals surface area contributed by atoms with E-state index < -0.39 is 20.0 Å². The average molecular weight is 650 g/mol. The molecule has 5 rings (SSSR count). The highest BCUT2D eigenvalue weighted by atomic mass is 31.2. The van der Waals surface area contributed by atoms with Gasteiger partial charge in [0, 0.05) is 23.3 Å². The third-order valence-electron chi connectivity index (χ3n) is 8.14. The molecule has 0 spiro atoms. The molecule has 0 aliphatic carbocycles. The van der Waals surface area contributed by atoms with Crippen molar-refractivity contribution in [1.82, 2.24) is 0 Å². The van der Waals surface area contributed by atoms with Gasteiger partial charge in [0.1, 0.15) is 0 Å². The molecule has 5 aromatic carbocycles. The van der Waals surface area contributed by atoms with E-state index in [1.54, 1.807) is 6.08 Å². The Morgan fingerprint density at radius 2 is 1.17 bits per heavy atom. The highest BCUT2D eigenvalue weighted by molar-refractivity contribution is 7.62. The van der Waals surface area contributed by atoms with Crippen LogP contribution in [-0.4, -0.2) is 18.2 Å². The number of ether oxygens (including phenoxy) is 1. The van der Waals surface area contributed by atoms with E-state index >= 15 is 0 Å². The minimum atomic E-state index is -3.52. The molecule has 0 aliphatic rings. The van der Waals surface area contributed by atoms with E-state index in [0.717, 1.165) is 32.7 Å². The summed E-state index contributed by atoms with van der Waals surface area (Å²) in [6.45, 7) is 20.7. The van der Waals surface area contributed by atoms with Crippen LogP contribution in [0.1, 0.15) is 65.2 Å². The van der Waals surface area contributed by atoms with Crippen LogP contribution < -0.4 is 13.6 Å². The summed E-state index contributed by atoms with van der Waals surface area (Å²) in [6.07, 6.45) is 0.974. The van der Waals surface area contributed by atoms with Gasteiger partial charge in [0.15, 0.2) is 23.4 Å². The maximum Gasteiger partial charge on any atom is 0.545 e. The molecule has 0 N–H and O–H groups in total. The zero-order valence-electron chi connectivity index (χ0n) is 28.8. The van der Waals surface area contributed by atoms with Gasteiger partial charge in [-0.05, 0) is 63.9 Å². The van der Waals surface area contributed by atoms with Gasteiger partial charge in [-0.2, -0.15) is 0 Å². The third-order valence-corrected chi connectivity index (χ3v) is 10.4. The van der Waals surface area contributed by atoms with Gasteiger partial charge in [-0.15, -0.1) is 0 Å². The molecular weight excluding hydrogens is 603 g/mol. The van der Waals surface area contributed by atoms with Crippen molar-refractivity contribution >= 4 is 35.5 Å². The summed E-state index contributed by atoms with van der Waals surface area (Å²) in [7, 11) is -3.52. The molecule has 1 atom stereocenters. The lowest BCUT2D eigenvalue weighted by atomic mass is 9.78. The standard InChI is InChI=1S/C41H46O5P/c1-10-32(43-29(3)42)27-47(44-37-23-15-19-30-17-11-13-21-33(30)37,45-38-24-16-20-31-18-12-14-22-34(31)38)46-39-25-28(2)35(40(4,5)6)26-36(39)41(7,8)9/h10-26,32H,1,27H2,2-9H3/q+1. The van der Waals surface area contributed by atoms with E-state index in [2.05, 4.69) is 67.2 Å². The van der Waals surface area contributed by atoms with E-state index in [9.17, 15) is 4.79 Å². The molecule has 0 heterocycles. The van der Waals surface area contributed by atoms with Gasteiger partial charge < -0.3 is 4.74 Å². The maximum absolute atomic E-state index is 12.3. The minimum absolute atomic E-state index is 0.0724. The van der Waals surface area contributed by atoms with Crippen LogP contribution in [-0.2, 0) is 20.4 Å². The van der Waals surface area contributed by atoms with Gasteiger partial charge in [-0.25, -0.2) is 0 Å². The second-order valence-corrected chi connectivity index (χ2v) is 16.2. The van der Waals surface area contributed by atoms with Crippen molar-refractivity contribution in [1.29, 1.82) is 0 Å². The van der Waals surface area contributed by atoms with Crippen LogP contribution >= 0.6 is 7.94 Å². The van der Waals surface area contributed by atoms with Crippen molar-refractivity contribution < 1.29 is 23.1 Å². The molecule has 0 bridgehead atoms. The fourth-order valence-corrected chi connectivity index (χ4v) is 8.28. The normalized spacial score (nSPS) is 12.9. The zero-order valence-corrected chi connectivity index (χ0v) is 29.7. The monoisotopic (exact) mass is 649 g/mol. The van der Waals surface area contributed by atoms with Crippen LogP contribution in [0, 0.1) is 6.92 Å². The van der Waals surface area contributed by atoms with Crippen LogP contribution in [0.15, 0.2) is 110 Å². The molecule has 1 unspecified atom stereocenters. The number of aryl methyl sites for hydroxylation is 1. The molecule has 244 valence electrons. The molecule has 5 nitrogen and oxygen atoms in total. The first-order valence-corrected chi connectivity index (χ1v) is 17.8. The van der Waals surface area contributed by atoms with Crippen LogP contribution in [0.25, 0.3) is 21.5 Å². The van der Waals surface area contributed by atoms with Gasteiger partial charge in [-0.1, -0.05) is 127 Å². The Hall–Kier alpha value is -4.34. The van der Waals surface area contributed by atoms with Crippen molar-refractivity contribution in [3.8, 4) is 17.2 Å². The number of rotatable bonds is 10. The summed E-state index contributed by atoms with van der Waals surface area (Å²) in [5, 5.41) is 3.88. The first-order chi connectivity index (χ1) is 22.2. The summed E-state index contributed by atoms with van der Waals surface area (Å²) in [5.74, 6) is 1.47. The number of carbonyl (C=O) groups excluding carboxylic acids is 1. The minimum Gasteiger partial charge on any atom is -0.454 e. The number of fused-ring (bicyclic) bond motifs is 2. The molecule has 6 heteroatoms. The highest BCUT2D eigenvalue weighted by Crippen LogP contribution is 2.63. The van der Waals surface area contributed by atoms with E-state index in [1.807, 2.05) is 84.9 Å². The topological polar surface area (TPSA) is 54.0 Å². The Morgan fingerprint density at radius 1 is 0.702 bits per heavy atom. The number of benzene rings is 5. The lowest BCUT2D eigenvalue weighted by Crippen LogP contribution is -2.29. The molecule has 0 saturated heterocycles. The quantitative estimate of drug-likeness (QED) is 0.0856. The van der Waals surface area contributed by atoms with Crippen LogP contribution in [0.2, 0.25) is 0 Å². The predicted molar refractivity (Wildman–Crippen MR) is 196 cm³/mol. The van der Waals surface area contributed by atoms with E-state index in [-0.39, 0.29) is 17.0 Å². The summed E-state index contributed by atoms with van der Waals surface area (Å²) in [4.78, 5) is 12.3. The maximum atomic E-state index is 12.3. The molecule has 0 amide bonds. The molecule has 0 radical (unpaired) electrons. The third kappa shape index (κ3) is 7.80. The van der Waals surface area contributed by atoms with E-state index in [4.69, 9.17) is 18.3 Å². The first kappa shape index (κ1) is 34.0. The number of esters is 1. The lowest BCUT2D eigenvalue weighted by molar-refractivity contribution is -0.143. The summed E-state index contributed by atoms with van der Waals surface area (Å²) in [6, 6.07) is 32.4. The van der Waals surface area contributed by atoms with Crippen LogP contribution in [0.4, 0.5) is 0 Å². The average Bonchev–Trinajstić information content (AvgIpc) is 2.99. The fraction of sp³-hybridized carbons (Fsp3) is 0.293. The SMILES string of the molecule is C=CC(C[P+](Oc1cc(C)c(C(C)(C)C)cc1C(C)(C)C)(Oc1cccc2ccccc12)Oc1cccc2ccccc12)OC(C)=O. The number of hydrogen-bond donors (Lipinski definition) is 0. The number of hydrogen-bond acceptors (Lipinski definition) is 5. The second kappa shape index (κ2) is 13.4. The Bertz CT molecular complexity index is 1820. The van der Waals surface area contributed by atoms with Gasteiger partial charge in [0.2, 0.25) is 6.16 Å². The summed E-state index contributed by atoms with van der Waals surface area (Å²) >= 11 is 0. The van der Waals surface area contributed by atoms with Crippen molar-refractivity contribution in [2.45, 2.75) is 72.3 Å². The molecule has 47 heavy (non-hydrogen) atoms. The molecular formula is C41H46O5P+. The fourth-order valence-electron chi connectivity index (χ4n) is 5.91. The van der Waals surface area contributed by atoms with Crippen molar-refractivity contribution in [3.05, 3.63) is 126 Å². The van der Waals surface area contributed by atoms with Gasteiger partial charge >= 0.3 is 13.9 Å². The van der Waals surface area contributed by atoms with E-state index in [0.29, 0.717) is 17.2 Å². The highest BCUT2D eigenvalue weighted by Gasteiger charge is 2.54. The smallest absolute Gasteiger partial charge is 0.454 e. The molecule has 0 aliphatic heterocycles. The largest absolute Gasteiger partial charge is 0.545 e. The first-order valence-electron chi connectivity index (χ1n) is 16.1. The zero-order chi connectivity index (χ0) is 34.0. The summed E-state index contributed by atoms with van der Waals surface area (Å²) < 4.78 is 27.3. The van der Waals surface area contributed by atoms with Crippen molar-refractivity contribution in [3.63, 3.8) is 0 Å². The Balaban J connectivity index is 1.79. The van der Waals surface area contributed by atoms with Crippen molar-refractivity contribution in [2.24, 2.45) is 0 Å².